The van der Waals surface area contributed by atoms with Crippen LogP contribution in [0.25, 0.3) is 0 Å². The van der Waals surface area contributed by atoms with Gasteiger partial charge in [0.05, 0.1) is 16.7 Å². The zero-order chi connectivity index (χ0) is 10.7. The fraction of sp³-hybridized carbons (Fsp3) is 0.222. The van der Waals surface area contributed by atoms with Crippen molar-refractivity contribution in [1.82, 2.24) is 0 Å². The Morgan fingerprint density at radius 1 is 1.50 bits per heavy atom. The van der Waals surface area contributed by atoms with Gasteiger partial charge in [0.25, 0.3) is 0 Å². The van der Waals surface area contributed by atoms with Crippen molar-refractivity contribution in [2.75, 3.05) is 0 Å². The minimum atomic E-state index is -2.94. The average Bonchev–Trinajstić information content (AvgIpc) is 2.09. The first-order valence-corrected chi connectivity index (χ1v) is 4.07. The summed E-state index contributed by atoms with van der Waals surface area (Å²) in [5.41, 5.74) is 0.893. The number of hydrogen-bond acceptors (Lipinski definition) is 2. The summed E-state index contributed by atoms with van der Waals surface area (Å²) in [7, 11) is 0. The summed E-state index contributed by atoms with van der Waals surface area (Å²) in [6.45, 7) is -1.28. The SMILES string of the molecule is Cc1cc(Cl)c(OC(F)F)cc1C#N. The van der Waals surface area contributed by atoms with E-state index >= 15 is 0 Å². The molecule has 1 aromatic rings. The summed E-state index contributed by atoms with van der Waals surface area (Å²) in [6, 6.07) is 4.47. The smallest absolute Gasteiger partial charge is 0.387 e. The molecule has 0 unspecified atom stereocenters. The van der Waals surface area contributed by atoms with Crippen molar-refractivity contribution < 1.29 is 13.5 Å². The van der Waals surface area contributed by atoms with Crippen LogP contribution in [0.1, 0.15) is 11.1 Å². The second-order valence-electron chi connectivity index (χ2n) is 2.59. The van der Waals surface area contributed by atoms with Crippen LogP contribution in [0.3, 0.4) is 0 Å². The summed E-state index contributed by atoms with van der Waals surface area (Å²) < 4.78 is 27.9. The van der Waals surface area contributed by atoms with Crippen molar-refractivity contribution in [3.63, 3.8) is 0 Å². The van der Waals surface area contributed by atoms with E-state index < -0.39 is 6.61 Å². The van der Waals surface area contributed by atoms with Gasteiger partial charge in [0, 0.05) is 0 Å². The molecule has 1 aromatic carbocycles. The number of rotatable bonds is 2. The highest BCUT2D eigenvalue weighted by Gasteiger charge is 2.11. The molecule has 2 nitrogen and oxygen atoms in total. The standard InChI is InChI=1S/C9H6ClF2NO/c1-5-2-7(10)8(14-9(11)12)3-6(5)4-13/h2-3,9H,1H3. The molecule has 0 bridgehead atoms. The molecule has 0 fully saturated rings. The Morgan fingerprint density at radius 3 is 2.64 bits per heavy atom. The molecule has 0 atom stereocenters. The number of alkyl halides is 2. The van der Waals surface area contributed by atoms with Crippen LogP contribution < -0.4 is 4.74 Å². The number of benzene rings is 1. The van der Waals surface area contributed by atoms with E-state index in [-0.39, 0.29) is 16.3 Å². The lowest BCUT2D eigenvalue weighted by atomic mass is 10.1. The van der Waals surface area contributed by atoms with Crippen LogP contribution >= 0.6 is 11.6 Å². The van der Waals surface area contributed by atoms with Crippen molar-refractivity contribution in [2.45, 2.75) is 13.5 Å². The topological polar surface area (TPSA) is 33.0 Å². The molecular weight excluding hydrogens is 212 g/mol. The second-order valence-corrected chi connectivity index (χ2v) is 3.00. The monoisotopic (exact) mass is 217 g/mol. The molecule has 0 spiro atoms. The van der Waals surface area contributed by atoms with Crippen molar-refractivity contribution in [3.05, 3.63) is 28.3 Å². The third-order valence-electron chi connectivity index (χ3n) is 1.62. The first-order chi connectivity index (χ1) is 6.54. The normalized spacial score (nSPS) is 10.0. The summed E-state index contributed by atoms with van der Waals surface area (Å²) in [5.74, 6) is -0.177. The Labute approximate surface area is 84.7 Å². The van der Waals surface area contributed by atoms with E-state index in [4.69, 9.17) is 16.9 Å². The number of ether oxygens (including phenoxy) is 1. The van der Waals surface area contributed by atoms with E-state index in [0.29, 0.717) is 5.56 Å². The van der Waals surface area contributed by atoms with Crippen LogP contribution in [-0.4, -0.2) is 6.61 Å². The predicted octanol–water partition coefficient (Wildman–Crippen LogP) is 3.12. The molecule has 0 aliphatic rings. The summed E-state index contributed by atoms with van der Waals surface area (Å²) >= 11 is 5.63. The van der Waals surface area contributed by atoms with Crippen molar-refractivity contribution in [3.8, 4) is 11.8 Å². The molecule has 0 aliphatic carbocycles. The van der Waals surface area contributed by atoms with Crippen LogP contribution in [0.2, 0.25) is 5.02 Å². The number of hydrogen-bond donors (Lipinski definition) is 0. The lowest BCUT2D eigenvalue weighted by Crippen LogP contribution is -2.03. The lowest BCUT2D eigenvalue weighted by Gasteiger charge is -2.07. The van der Waals surface area contributed by atoms with Gasteiger partial charge in [0.1, 0.15) is 5.75 Å². The van der Waals surface area contributed by atoms with Gasteiger partial charge >= 0.3 is 6.61 Å². The van der Waals surface area contributed by atoms with Crippen molar-refractivity contribution in [1.29, 1.82) is 5.26 Å². The van der Waals surface area contributed by atoms with Crippen LogP contribution in [0.5, 0.6) is 5.75 Å². The Kier molecular flexibility index (Phi) is 3.26. The van der Waals surface area contributed by atoms with Gasteiger partial charge in [0.15, 0.2) is 0 Å². The van der Waals surface area contributed by atoms with Gasteiger partial charge in [-0.1, -0.05) is 11.6 Å². The van der Waals surface area contributed by atoms with Gasteiger partial charge < -0.3 is 4.74 Å². The predicted molar refractivity (Wildman–Crippen MR) is 47.5 cm³/mol. The zero-order valence-electron chi connectivity index (χ0n) is 7.22. The van der Waals surface area contributed by atoms with E-state index in [0.717, 1.165) is 0 Å². The highest BCUT2D eigenvalue weighted by Crippen LogP contribution is 2.28. The molecule has 14 heavy (non-hydrogen) atoms. The fourth-order valence-corrected chi connectivity index (χ4v) is 1.22. The molecule has 0 amide bonds. The summed E-state index contributed by atoms with van der Waals surface area (Å²) in [6.07, 6.45) is 0. The summed E-state index contributed by atoms with van der Waals surface area (Å²) in [5, 5.41) is 8.70. The molecule has 0 aliphatic heterocycles. The Morgan fingerprint density at radius 2 is 2.14 bits per heavy atom. The van der Waals surface area contributed by atoms with Crippen LogP contribution in [0.4, 0.5) is 8.78 Å². The Balaban J connectivity index is 3.12. The number of nitriles is 1. The highest BCUT2D eigenvalue weighted by molar-refractivity contribution is 6.32. The maximum atomic E-state index is 11.9. The Bertz CT molecular complexity index is 387. The molecule has 0 aromatic heterocycles. The molecule has 0 radical (unpaired) electrons. The maximum absolute atomic E-state index is 11.9. The van der Waals surface area contributed by atoms with Crippen molar-refractivity contribution in [2.24, 2.45) is 0 Å². The van der Waals surface area contributed by atoms with Gasteiger partial charge in [-0.2, -0.15) is 14.0 Å². The Hall–Kier alpha value is -1.34. The molecule has 0 N–H and O–H groups in total. The van der Waals surface area contributed by atoms with E-state index in [1.54, 1.807) is 6.92 Å². The van der Waals surface area contributed by atoms with Gasteiger partial charge in [0.2, 0.25) is 0 Å². The van der Waals surface area contributed by atoms with E-state index in [1.165, 1.54) is 12.1 Å². The number of halogens is 3. The maximum Gasteiger partial charge on any atom is 0.387 e. The average molecular weight is 218 g/mol. The third-order valence-corrected chi connectivity index (χ3v) is 1.91. The van der Waals surface area contributed by atoms with E-state index in [1.807, 2.05) is 6.07 Å². The lowest BCUT2D eigenvalue weighted by molar-refractivity contribution is -0.0498. The number of nitrogens with zero attached hydrogens (tertiary/aromatic N) is 1. The van der Waals surface area contributed by atoms with Gasteiger partial charge in [-0.05, 0) is 24.6 Å². The molecule has 0 heterocycles. The summed E-state index contributed by atoms with van der Waals surface area (Å²) in [4.78, 5) is 0. The quantitative estimate of drug-likeness (QED) is 0.763. The number of aryl methyl sites for hydroxylation is 1. The minimum Gasteiger partial charge on any atom is -0.433 e. The fourth-order valence-electron chi connectivity index (χ4n) is 0.960. The van der Waals surface area contributed by atoms with Crippen LogP contribution in [-0.2, 0) is 0 Å². The third kappa shape index (κ3) is 2.33. The highest BCUT2D eigenvalue weighted by atomic mass is 35.5. The molecule has 0 saturated carbocycles. The molecule has 0 saturated heterocycles. The molecule has 1 rings (SSSR count). The first kappa shape index (κ1) is 10.7. The minimum absolute atomic E-state index is 0.0711. The van der Waals surface area contributed by atoms with E-state index in [9.17, 15) is 8.78 Å². The molecular formula is C9H6ClF2NO. The zero-order valence-corrected chi connectivity index (χ0v) is 7.98. The molecule has 5 heteroatoms. The largest absolute Gasteiger partial charge is 0.433 e. The van der Waals surface area contributed by atoms with Crippen LogP contribution in [0.15, 0.2) is 12.1 Å². The molecule has 74 valence electrons. The second kappa shape index (κ2) is 4.25. The first-order valence-electron chi connectivity index (χ1n) is 3.69. The van der Waals surface area contributed by atoms with E-state index in [2.05, 4.69) is 4.74 Å². The van der Waals surface area contributed by atoms with Gasteiger partial charge in [-0.15, -0.1) is 0 Å². The van der Waals surface area contributed by atoms with Crippen molar-refractivity contribution >= 4 is 11.6 Å². The van der Waals surface area contributed by atoms with Crippen LogP contribution in [0, 0.1) is 18.3 Å². The van der Waals surface area contributed by atoms with Gasteiger partial charge in [-0.3, -0.25) is 0 Å². The van der Waals surface area contributed by atoms with Gasteiger partial charge in [-0.25, -0.2) is 0 Å².